The average Bonchev–Trinajstić information content (AvgIpc) is 3.11. The van der Waals surface area contributed by atoms with Gasteiger partial charge in [0.15, 0.2) is 11.6 Å². The third kappa shape index (κ3) is 6.07. The van der Waals surface area contributed by atoms with Crippen LogP contribution < -0.4 is 10.6 Å². The van der Waals surface area contributed by atoms with Gasteiger partial charge in [-0.05, 0) is 43.7 Å². The van der Waals surface area contributed by atoms with E-state index in [2.05, 4.69) is 25.8 Å². The van der Waals surface area contributed by atoms with Gasteiger partial charge in [-0.25, -0.2) is 0 Å². The lowest BCUT2D eigenvalue weighted by Gasteiger charge is -2.19. The lowest BCUT2D eigenvalue weighted by atomic mass is 10.1. The van der Waals surface area contributed by atoms with Crippen LogP contribution in [0, 0.1) is 0 Å². The van der Waals surface area contributed by atoms with Crippen molar-refractivity contribution in [3.05, 3.63) is 65.6 Å². The fraction of sp³-hybridized carbons (Fsp3) is 0.350. The molecular formula is C20H24F3IN6. The minimum Gasteiger partial charge on any atom is -0.357 e. The van der Waals surface area contributed by atoms with Crippen molar-refractivity contribution >= 4 is 35.6 Å². The zero-order chi connectivity index (χ0) is 20.9. The number of guanidine groups is 1. The van der Waals surface area contributed by atoms with Crippen LogP contribution in [0.25, 0.3) is 5.65 Å². The normalized spacial score (nSPS) is 13.0. The van der Waals surface area contributed by atoms with Crippen molar-refractivity contribution in [3.8, 4) is 0 Å². The fourth-order valence-corrected chi connectivity index (χ4v) is 2.92. The van der Waals surface area contributed by atoms with Gasteiger partial charge >= 0.3 is 6.18 Å². The summed E-state index contributed by atoms with van der Waals surface area (Å²) in [6.07, 6.45) is -1.89. The van der Waals surface area contributed by atoms with Crippen LogP contribution in [0.1, 0.15) is 36.8 Å². The van der Waals surface area contributed by atoms with E-state index in [0.29, 0.717) is 31.0 Å². The predicted octanol–water partition coefficient (Wildman–Crippen LogP) is 4.22. The summed E-state index contributed by atoms with van der Waals surface area (Å²) in [5, 5.41) is 14.6. The largest absolute Gasteiger partial charge is 0.416 e. The molecule has 0 amide bonds. The fourth-order valence-electron chi connectivity index (χ4n) is 2.92. The van der Waals surface area contributed by atoms with Gasteiger partial charge in [0.2, 0.25) is 0 Å². The second kappa shape index (κ2) is 10.6. The SMILES string of the molecule is CCNC(=NCCc1nnc2ccccn12)NC(C)c1cccc(C(F)(F)F)c1.I. The Morgan fingerprint density at radius 3 is 2.70 bits per heavy atom. The minimum atomic E-state index is -4.37. The smallest absolute Gasteiger partial charge is 0.357 e. The molecule has 1 atom stereocenters. The number of hydrogen-bond donors (Lipinski definition) is 2. The van der Waals surface area contributed by atoms with Gasteiger partial charge in [-0.2, -0.15) is 13.2 Å². The second-order valence-electron chi connectivity index (χ2n) is 6.54. The Kier molecular flexibility index (Phi) is 8.44. The molecule has 0 radical (unpaired) electrons. The molecule has 3 aromatic rings. The molecule has 0 aliphatic rings. The third-order valence-corrected chi connectivity index (χ3v) is 4.40. The molecule has 30 heavy (non-hydrogen) atoms. The summed E-state index contributed by atoms with van der Waals surface area (Å²) in [7, 11) is 0. The van der Waals surface area contributed by atoms with Crippen LogP contribution in [0.3, 0.4) is 0 Å². The van der Waals surface area contributed by atoms with E-state index in [1.807, 2.05) is 35.7 Å². The molecule has 2 N–H and O–H groups in total. The Morgan fingerprint density at radius 1 is 1.17 bits per heavy atom. The lowest BCUT2D eigenvalue weighted by Crippen LogP contribution is -2.39. The average molecular weight is 532 g/mol. The second-order valence-corrected chi connectivity index (χ2v) is 6.54. The van der Waals surface area contributed by atoms with Crippen molar-refractivity contribution in [2.24, 2.45) is 4.99 Å². The quantitative estimate of drug-likeness (QED) is 0.284. The van der Waals surface area contributed by atoms with Gasteiger partial charge in [0.25, 0.3) is 0 Å². The number of aromatic nitrogens is 3. The highest BCUT2D eigenvalue weighted by Crippen LogP contribution is 2.30. The molecule has 0 aliphatic carbocycles. The molecule has 0 saturated carbocycles. The van der Waals surface area contributed by atoms with Crippen LogP contribution >= 0.6 is 24.0 Å². The highest BCUT2D eigenvalue weighted by atomic mass is 127. The molecule has 1 aromatic carbocycles. The van der Waals surface area contributed by atoms with Crippen LogP contribution in [0.2, 0.25) is 0 Å². The zero-order valence-corrected chi connectivity index (χ0v) is 19.0. The van der Waals surface area contributed by atoms with Gasteiger partial charge in [-0.1, -0.05) is 18.2 Å². The molecule has 2 aromatic heterocycles. The summed E-state index contributed by atoms with van der Waals surface area (Å²) in [6.45, 7) is 4.82. The van der Waals surface area contributed by atoms with Gasteiger partial charge < -0.3 is 10.6 Å². The molecular weight excluding hydrogens is 508 g/mol. The molecule has 3 rings (SSSR count). The van der Waals surface area contributed by atoms with Gasteiger partial charge in [0, 0.05) is 25.7 Å². The van der Waals surface area contributed by atoms with E-state index in [-0.39, 0.29) is 30.0 Å². The minimum absolute atomic E-state index is 0. The summed E-state index contributed by atoms with van der Waals surface area (Å²) in [4.78, 5) is 4.52. The summed E-state index contributed by atoms with van der Waals surface area (Å²) in [5.74, 6) is 1.33. The molecule has 162 valence electrons. The number of nitrogens with one attached hydrogen (secondary N) is 2. The monoisotopic (exact) mass is 532 g/mol. The predicted molar refractivity (Wildman–Crippen MR) is 121 cm³/mol. The third-order valence-electron chi connectivity index (χ3n) is 4.40. The summed E-state index contributed by atoms with van der Waals surface area (Å²) >= 11 is 0. The van der Waals surface area contributed by atoms with Gasteiger partial charge in [0.1, 0.15) is 5.82 Å². The number of fused-ring (bicyclic) bond motifs is 1. The van der Waals surface area contributed by atoms with E-state index in [1.54, 1.807) is 13.0 Å². The van der Waals surface area contributed by atoms with Gasteiger partial charge in [0.05, 0.1) is 11.6 Å². The van der Waals surface area contributed by atoms with Crippen LogP contribution in [0.15, 0.2) is 53.7 Å². The first-order valence-corrected chi connectivity index (χ1v) is 9.39. The van der Waals surface area contributed by atoms with Crippen molar-refractivity contribution in [1.82, 2.24) is 25.2 Å². The number of halogens is 4. The first-order chi connectivity index (χ1) is 13.9. The van der Waals surface area contributed by atoms with Crippen molar-refractivity contribution in [1.29, 1.82) is 0 Å². The molecule has 0 fully saturated rings. The van der Waals surface area contributed by atoms with E-state index >= 15 is 0 Å². The van der Waals surface area contributed by atoms with Crippen LogP contribution in [-0.4, -0.2) is 33.6 Å². The van der Waals surface area contributed by atoms with Crippen molar-refractivity contribution in [3.63, 3.8) is 0 Å². The summed E-state index contributed by atoms with van der Waals surface area (Å²) in [6, 6.07) is 10.6. The zero-order valence-electron chi connectivity index (χ0n) is 16.6. The van der Waals surface area contributed by atoms with Crippen LogP contribution in [0.4, 0.5) is 13.2 Å². The topological polar surface area (TPSA) is 66.6 Å². The first kappa shape index (κ1) is 23.9. The lowest BCUT2D eigenvalue weighted by molar-refractivity contribution is -0.137. The molecule has 0 spiro atoms. The van der Waals surface area contributed by atoms with Crippen molar-refractivity contribution in [2.45, 2.75) is 32.5 Å². The Labute approximate surface area is 190 Å². The number of aliphatic imine (C=N–C) groups is 1. The number of benzene rings is 1. The number of alkyl halides is 3. The molecule has 2 heterocycles. The van der Waals surface area contributed by atoms with E-state index in [0.717, 1.165) is 23.6 Å². The Bertz CT molecular complexity index is 986. The number of nitrogens with zero attached hydrogens (tertiary/aromatic N) is 4. The van der Waals surface area contributed by atoms with Gasteiger partial charge in [-0.3, -0.25) is 9.39 Å². The molecule has 0 bridgehead atoms. The van der Waals surface area contributed by atoms with E-state index in [1.165, 1.54) is 6.07 Å². The van der Waals surface area contributed by atoms with Crippen LogP contribution in [0.5, 0.6) is 0 Å². The summed E-state index contributed by atoms with van der Waals surface area (Å²) < 4.78 is 40.8. The summed E-state index contributed by atoms with van der Waals surface area (Å²) in [5.41, 5.74) is 0.646. The van der Waals surface area contributed by atoms with E-state index in [9.17, 15) is 13.2 Å². The highest BCUT2D eigenvalue weighted by Gasteiger charge is 2.30. The molecule has 6 nitrogen and oxygen atoms in total. The molecule has 0 saturated heterocycles. The Hall–Kier alpha value is -2.37. The number of pyridine rings is 1. The first-order valence-electron chi connectivity index (χ1n) is 9.39. The van der Waals surface area contributed by atoms with E-state index < -0.39 is 11.7 Å². The van der Waals surface area contributed by atoms with E-state index in [4.69, 9.17) is 0 Å². The maximum atomic E-state index is 13.0. The maximum Gasteiger partial charge on any atom is 0.416 e. The highest BCUT2D eigenvalue weighted by molar-refractivity contribution is 14.0. The van der Waals surface area contributed by atoms with Gasteiger partial charge in [-0.15, -0.1) is 34.2 Å². The van der Waals surface area contributed by atoms with Crippen molar-refractivity contribution < 1.29 is 13.2 Å². The standard InChI is InChI=1S/C20H23F3N6.HI/c1-3-24-19(25-11-10-18-28-27-17-9-4-5-12-29(17)18)26-14(2)15-7-6-8-16(13-15)20(21,22)23;/h4-9,12-14H,3,10-11H2,1-2H3,(H2,24,25,26);1H. The van der Waals surface area contributed by atoms with Crippen LogP contribution in [-0.2, 0) is 12.6 Å². The van der Waals surface area contributed by atoms with Crippen molar-refractivity contribution in [2.75, 3.05) is 13.1 Å². The Morgan fingerprint density at radius 2 is 1.97 bits per heavy atom. The number of rotatable bonds is 6. The number of hydrogen-bond acceptors (Lipinski definition) is 3. The maximum absolute atomic E-state index is 13.0. The molecule has 0 aliphatic heterocycles. The molecule has 1 unspecified atom stereocenters. The molecule has 10 heteroatoms. The Balaban J connectivity index is 0.00000320.